The third-order valence-electron chi connectivity index (χ3n) is 17.6. The van der Waals surface area contributed by atoms with Crippen molar-refractivity contribution < 1.29 is 25.2 Å². The van der Waals surface area contributed by atoms with Crippen LogP contribution >= 0.6 is 0 Å². The maximum atomic E-state index is 10.4. The summed E-state index contributed by atoms with van der Waals surface area (Å²) in [6.07, 6.45) is 36.7. The Hall–Kier alpha value is -2.28. The molecule has 0 heterocycles. The van der Waals surface area contributed by atoms with E-state index in [4.69, 9.17) is 4.74 Å². The van der Waals surface area contributed by atoms with E-state index in [1.807, 2.05) is 0 Å². The van der Waals surface area contributed by atoms with E-state index in [2.05, 4.69) is 89.5 Å². The molecule has 4 N–H and O–H groups in total. The molecular formula is C54H78O5. The van der Waals surface area contributed by atoms with Crippen molar-refractivity contribution >= 4 is 0 Å². The van der Waals surface area contributed by atoms with Crippen molar-refractivity contribution in [3.05, 3.63) is 95.2 Å². The van der Waals surface area contributed by atoms with Crippen molar-refractivity contribution in [3.63, 3.8) is 0 Å². The molecule has 59 heavy (non-hydrogen) atoms. The van der Waals surface area contributed by atoms with Gasteiger partial charge in [-0.25, -0.2) is 0 Å². The van der Waals surface area contributed by atoms with Gasteiger partial charge in [0.15, 0.2) is 0 Å². The number of fused-ring (bicyclic) bond motifs is 2. The van der Waals surface area contributed by atoms with Crippen LogP contribution in [-0.2, 0) is 4.74 Å². The fourth-order valence-corrected chi connectivity index (χ4v) is 13.7. The topological polar surface area (TPSA) is 90.2 Å². The minimum atomic E-state index is -0.638. The monoisotopic (exact) mass is 807 g/mol. The van der Waals surface area contributed by atoms with Crippen LogP contribution in [0.3, 0.4) is 0 Å². The van der Waals surface area contributed by atoms with Gasteiger partial charge in [0, 0.05) is 12.8 Å². The van der Waals surface area contributed by atoms with E-state index in [0.29, 0.717) is 83.9 Å². The first-order valence-corrected chi connectivity index (χ1v) is 24.2. The van der Waals surface area contributed by atoms with Gasteiger partial charge in [-0.2, -0.15) is 0 Å². The Kier molecular flexibility index (Phi) is 13.1. The zero-order valence-electron chi connectivity index (χ0n) is 37.0. The van der Waals surface area contributed by atoms with Gasteiger partial charge in [-0.15, -0.1) is 0 Å². The third kappa shape index (κ3) is 9.27. The minimum Gasteiger partial charge on any atom is -0.393 e. The Balaban J connectivity index is 0.904. The van der Waals surface area contributed by atoms with Gasteiger partial charge in [0.1, 0.15) is 0 Å². The lowest BCUT2D eigenvalue weighted by Gasteiger charge is -2.44. The van der Waals surface area contributed by atoms with E-state index < -0.39 is 24.4 Å². The highest BCUT2D eigenvalue weighted by Crippen LogP contribution is 2.61. The second-order valence-electron chi connectivity index (χ2n) is 21.6. The van der Waals surface area contributed by atoms with Crippen LogP contribution in [0.2, 0.25) is 0 Å². The summed E-state index contributed by atoms with van der Waals surface area (Å²) in [4.78, 5) is 0. The predicted octanol–water partition coefficient (Wildman–Crippen LogP) is 11.2. The lowest BCUT2D eigenvalue weighted by atomic mass is 9.61. The van der Waals surface area contributed by atoms with E-state index in [-0.39, 0.29) is 12.2 Å². The first-order chi connectivity index (χ1) is 28.2. The van der Waals surface area contributed by atoms with Crippen LogP contribution in [0.15, 0.2) is 95.2 Å². The fourth-order valence-electron chi connectivity index (χ4n) is 13.7. The number of rotatable bonds is 12. The van der Waals surface area contributed by atoms with Crippen molar-refractivity contribution in [3.8, 4) is 0 Å². The Bertz CT molecular complexity index is 1630. The van der Waals surface area contributed by atoms with Crippen molar-refractivity contribution in [1.29, 1.82) is 0 Å². The van der Waals surface area contributed by atoms with Crippen LogP contribution in [0.1, 0.15) is 143 Å². The molecule has 5 heteroatoms. The minimum absolute atomic E-state index is 0.201. The van der Waals surface area contributed by atoms with Gasteiger partial charge in [0.05, 0.1) is 36.6 Å². The molecule has 14 atom stereocenters. The average molecular weight is 807 g/mol. The van der Waals surface area contributed by atoms with Crippen LogP contribution in [0.4, 0.5) is 0 Å². The molecule has 0 aliphatic heterocycles. The normalized spacial score (nSPS) is 42.9. The second kappa shape index (κ2) is 17.8. The van der Waals surface area contributed by atoms with E-state index in [0.717, 1.165) is 35.1 Å². The number of aliphatic hydroxyl groups is 4. The quantitative estimate of drug-likeness (QED) is 0.148. The van der Waals surface area contributed by atoms with Crippen molar-refractivity contribution in [2.45, 2.75) is 180 Å². The molecule has 0 aromatic heterocycles. The molecule has 0 bridgehead atoms. The van der Waals surface area contributed by atoms with Gasteiger partial charge >= 0.3 is 0 Å². The summed E-state index contributed by atoms with van der Waals surface area (Å²) in [6, 6.07) is 0. The molecule has 8 saturated carbocycles. The Morgan fingerprint density at radius 3 is 1.37 bits per heavy atom. The Morgan fingerprint density at radius 2 is 0.983 bits per heavy atom. The first-order valence-electron chi connectivity index (χ1n) is 24.2. The molecule has 0 saturated heterocycles. The summed E-state index contributed by atoms with van der Waals surface area (Å²) in [6.45, 7) is 18.4. The van der Waals surface area contributed by atoms with Crippen molar-refractivity contribution in [2.24, 2.45) is 58.2 Å². The zero-order valence-corrected chi connectivity index (χ0v) is 37.0. The number of ether oxygens (including phenoxy) is 1. The first kappa shape index (κ1) is 43.4. The standard InChI is InChI=1S/C54H78O5/c1-33(45-21-23-47-37(9-7-27-53(45,47)5)13-19-41-29-43(55)31-49(57)35(41)3)11-25-51(39-15-16-39)59-52(40-17-18-40)26-12-34(2)46-22-24-48-38(10-8-28-54(46,48)6)14-20-42-30-44(56)32-50(58)36(42)4/h11-14,19-20,25-26,33-34,39-40,43-52,55-58H,3-4,7-10,15-18,21-24,27-32H2,1-2,5-6H3/b25-11+,26-12+,37-13+,38-14+,41-19?,42-20?/t33-,34-,43-,44-,45?,46?,47+,48+,49+,50+,51-,52-,53-,54-/m1/s1. The highest BCUT2D eigenvalue weighted by atomic mass is 16.5. The summed E-state index contributed by atoms with van der Waals surface area (Å²) in [5.74, 6) is 4.82. The van der Waals surface area contributed by atoms with E-state index >= 15 is 0 Å². The molecule has 5 nitrogen and oxygen atoms in total. The molecule has 0 aromatic carbocycles. The lowest BCUT2D eigenvalue weighted by Crippen LogP contribution is -2.35. The SMILES string of the molecule is C=C1C(=C/C=C2\CCC[C@]3(C)C([C@H](C)/C=C/[C@@H](O[C@H](/C=C/[C@@H](C)C4CC[C@H]5/C(=C/C=C6C[C@@H](O)C[C@H](O)C6=C)CCC[C@]45C)C4CC4)C4CC4)CC[C@@H]23)C[C@@H](O)C[C@@H]1O. The zero-order chi connectivity index (χ0) is 41.6. The fraction of sp³-hybridized carbons (Fsp3) is 0.704. The Morgan fingerprint density at radius 1 is 0.576 bits per heavy atom. The van der Waals surface area contributed by atoms with Crippen LogP contribution in [0, 0.1) is 58.2 Å². The summed E-state index contributed by atoms with van der Waals surface area (Å²) in [5, 5.41) is 41.4. The molecule has 324 valence electrons. The summed E-state index contributed by atoms with van der Waals surface area (Å²) in [5.41, 5.74) is 7.28. The second-order valence-corrected chi connectivity index (χ2v) is 21.6. The summed E-state index contributed by atoms with van der Waals surface area (Å²) < 4.78 is 7.16. The number of hydrogen-bond acceptors (Lipinski definition) is 5. The molecule has 8 aliphatic rings. The highest BCUT2D eigenvalue weighted by molar-refractivity contribution is 5.40. The van der Waals surface area contributed by atoms with Gasteiger partial charge < -0.3 is 25.2 Å². The predicted molar refractivity (Wildman–Crippen MR) is 240 cm³/mol. The molecule has 8 fully saturated rings. The number of hydrogen-bond donors (Lipinski definition) is 4. The van der Waals surface area contributed by atoms with Crippen LogP contribution < -0.4 is 0 Å². The molecule has 0 aromatic rings. The number of aliphatic hydroxyl groups excluding tert-OH is 4. The summed E-state index contributed by atoms with van der Waals surface area (Å²) >= 11 is 0. The van der Waals surface area contributed by atoms with Crippen molar-refractivity contribution in [1.82, 2.24) is 0 Å². The van der Waals surface area contributed by atoms with E-state index in [9.17, 15) is 20.4 Å². The molecule has 0 amide bonds. The van der Waals surface area contributed by atoms with Crippen LogP contribution in [-0.4, -0.2) is 57.0 Å². The van der Waals surface area contributed by atoms with Gasteiger partial charge in [0.2, 0.25) is 0 Å². The lowest BCUT2D eigenvalue weighted by molar-refractivity contribution is 0.0164. The largest absolute Gasteiger partial charge is 0.393 e. The molecule has 8 aliphatic carbocycles. The van der Waals surface area contributed by atoms with Gasteiger partial charge in [-0.1, -0.05) is 101 Å². The maximum Gasteiger partial charge on any atom is 0.0811 e. The highest BCUT2D eigenvalue weighted by Gasteiger charge is 2.52. The molecular weight excluding hydrogens is 729 g/mol. The maximum absolute atomic E-state index is 10.4. The molecule has 0 spiro atoms. The van der Waals surface area contributed by atoms with Gasteiger partial charge in [-0.3, -0.25) is 0 Å². The Labute approximate surface area is 357 Å². The van der Waals surface area contributed by atoms with Gasteiger partial charge in [-0.05, 0) is 183 Å². The van der Waals surface area contributed by atoms with Crippen molar-refractivity contribution in [2.75, 3.05) is 0 Å². The molecule has 0 radical (unpaired) electrons. The molecule has 8 rings (SSSR count). The molecule has 2 unspecified atom stereocenters. The van der Waals surface area contributed by atoms with Crippen LogP contribution in [0.5, 0.6) is 0 Å². The third-order valence-corrected chi connectivity index (χ3v) is 17.6. The van der Waals surface area contributed by atoms with Crippen LogP contribution in [0.25, 0.3) is 0 Å². The summed E-state index contributed by atoms with van der Waals surface area (Å²) in [7, 11) is 0. The average Bonchev–Trinajstić information content (AvgIpc) is 4.14. The number of allylic oxidation sites excluding steroid dienone is 8. The van der Waals surface area contributed by atoms with Gasteiger partial charge in [0.25, 0.3) is 0 Å². The van der Waals surface area contributed by atoms with E-state index in [1.165, 1.54) is 77.0 Å². The van der Waals surface area contributed by atoms with E-state index in [1.54, 1.807) is 11.1 Å². The smallest absolute Gasteiger partial charge is 0.0811 e.